The lowest BCUT2D eigenvalue weighted by atomic mass is 9.83. The maximum Gasteiger partial charge on any atom is 0.0747 e. The summed E-state index contributed by atoms with van der Waals surface area (Å²) in [5.74, 6) is 0.444. The lowest BCUT2D eigenvalue weighted by Crippen LogP contribution is -2.48. The molecule has 0 unspecified atom stereocenters. The Kier molecular flexibility index (Phi) is 2.74. The third-order valence-electron chi connectivity index (χ3n) is 4.60. The molecule has 0 saturated carbocycles. The van der Waals surface area contributed by atoms with Gasteiger partial charge in [0.1, 0.15) is 0 Å². The topological polar surface area (TPSA) is 36.4 Å². The van der Waals surface area contributed by atoms with E-state index in [2.05, 4.69) is 40.2 Å². The highest BCUT2D eigenvalue weighted by Crippen LogP contribution is 2.36. The molecular formula is C17H18N2O. The van der Waals surface area contributed by atoms with Crippen molar-refractivity contribution in [2.75, 3.05) is 13.1 Å². The quantitative estimate of drug-likeness (QED) is 0.862. The van der Waals surface area contributed by atoms with Gasteiger partial charge in [-0.2, -0.15) is 0 Å². The Bertz CT molecular complexity index is 674. The molecule has 3 nitrogen and oxygen atoms in total. The zero-order chi connectivity index (χ0) is 13.5. The van der Waals surface area contributed by atoms with Gasteiger partial charge in [0.2, 0.25) is 0 Å². The average Bonchev–Trinajstić information content (AvgIpc) is 2.49. The molecule has 4 heterocycles. The van der Waals surface area contributed by atoms with E-state index in [4.69, 9.17) is 0 Å². The first-order valence-corrected chi connectivity index (χ1v) is 7.28. The summed E-state index contributed by atoms with van der Waals surface area (Å²) in [5.41, 5.74) is 3.63. The second-order valence-electron chi connectivity index (χ2n) is 5.82. The smallest absolute Gasteiger partial charge is 0.0747 e. The number of aliphatic hydroxyl groups excluding tert-OH is 1. The third-order valence-corrected chi connectivity index (χ3v) is 4.60. The van der Waals surface area contributed by atoms with Crippen LogP contribution in [0.2, 0.25) is 0 Å². The fourth-order valence-electron chi connectivity index (χ4n) is 3.45. The average molecular weight is 266 g/mol. The van der Waals surface area contributed by atoms with Crippen molar-refractivity contribution in [1.82, 2.24) is 9.88 Å². The molecule has 5 rings (SSSR count). The van der Waals surface area contributed by atoms with Gasteiger partial charge in [0.15, 0.2) is 0 Å². The Morgan fingerprint density at radius 3 is 2.95 bits per heavy atom. The lowest BCUT2D eigenvalue weighted by molar-refractivity contribution is 0.00257. The number of benzene rings is 1. The molecule has 3 aliphatic heterocycles. The standard InChI is InChI=1S/C17H18N2O/c20-17-11-19-8-6-13(17)10-14(19)9-12-5-7-18-16-4-2-1-3-15(12)16/h1-5,7,9,13,17,20H,6,8,10-11H2/b14-9+/t13-,17-/m0/s1. The fourth-order valence-corrected chi connectivity index (χ4v) is 3.45. The Labute approximate surface area is 118 Å². The Hall–Kier alpha value is -1.87. The minimum atomic E-state index is -0.143. The molecule has 1 aromatic carbocycles. The van der Waals surface area contributed by atoms with Gasteiger partial charge in [0, 0.05) is 30.4 Å². The van der Waals surface area contributed by atoms with Crippen LogP contribution in [0.25, 0.3) is 17.0 Å². The first kappa shape index (κ1) is 11.9. The minimum absolute atomic E-state index is 0.143. The van der Waals surface area contributed by atoms with E-state index in [1.807, 2.05) is 12.3 Å². The van der Waals surface area contributed by atoms with Gasteiger partial charge < -0.3 is 10.0 Å². The molecule has 1 aromatic heterocycles. The minimum Gasteiger partial charge on any atom is -0.391 e. The van der Waals surface area contributed by atoms with E-state index in [0.717, 1.165) is 31.4 Å². The van der Waals surface area contributed by atoms with E-state index >= 15 is 0 Å². The maximum atomic E-state index is 9.98. The SMILES string of the molecule is O[C@H]1CN2CC[C@H]1C/C2=C\c1ccnc2ccccc12. The molecule has 2 bridgehead atoms. The van der Waals surface area contributed by atoms with E-state index in [1.54, 1.807) is 0 Å². The van der Waals surface area contributed by atoms with Crippen molar-refractivity contribution in [3.8, 4) is 0 Å². The van der Waals surface area contributed by atoms with Crippen molar-refractivity contribution < 1.29 is 5.11 Å². The van der Waals surface area contributed by atoms with Gasteiger partial charge in [0.25, 0.3) is 0 Å². The van der Waals surface area contributed by atoms with Crippen molar-refractivity contribution in [2.45, 2.75) is 18.9 Å². The fraction of sp³-hybridized carbons (Fsp3) is 0.353. The number of rotatable bonds is 1. The number of aliphatic hydroxyl groups is 1. The highest BCUT2D eigenvalue weighted by molar-refractivity contribution is 5.87. The largest absolute Gasteiger partial charge is 0.391 e. The van der Waals surface area contributed by atoms with E-state index in [0.29, 0.717) is 5.92 Å². The van der Waals surface area contributed by atoms with Gasteiger partial charge >= 0.3 is 0 Å². The number of piperidine rings is 3. The monoisotopic (exact) mass is 266 g/mol. The van der Waals surface area contributed by atoms with Crippen molar-refractivity contribution in [3.63, 3.8) is 0 Å². The second-order valence-corrected chi connectivity index (χ2v) is 5.82. The van der Waals surface area contributed by atoms with Crippen molar-refractivity contribution in [1.29, 1.82) is 0 Å². The van der Waals surface area contributed by atoms with Crippen molar-refractivity contribution in [3.05, 3.63) is 47.8 Å². The zero-order valence-electron chi connectivity index (χ0n) is 11.4. The van der Waals surface area contributed by atoms with Crippen LogP contribution in [0.5, 0.6) is 0 Å². The highest BCUT2D eigenvalue weighted by Gasteiger charge is 2.35. The van der Waals surface area contributed by atoms with Crippen LogP contribution in [0.1, 0.15) is 18.4 Å². The van der Waals surface area contributed by atoms with Gasteiger partial charge in [-0.25, -0.2) is 0 Å². The van der Waals surface area contributed by atoms with Crippen molar-refractivity contribution in [2.24, 2.45) is 5.92 Å². The normalized spacial score (nSPS) is 27.4. The van der Waals surface area contributed by atoms with Gasteiger partial charge in [-0.15, -0.1) is 0 Å². The Morgan fingerprint density at radius 2 is 2.15 bits per heavy atom. The number of allylic oxidation sites excluding steroid dienone is 1. The lowest BCUT2D eigenvalue weighted by Gasteiger charge is -2.45. The first-order chi connectivity index (χ1) is 9.81. The molecule has 0 spiro atoms. The predicted octanol–water partition coefficient (Wildman–Crippen LogP) is 2.66. The molecule has 3 aliphatic rings. The van der Waals surface area contributed by atoms with E-state index in [-0.39, 0.29) is 6.10 Å². The molecule has 20 heavy (non-hydrogen) atoms. The number of pyridine rings is 1. The summed E-state index contributed by atoms with van der Waals surface area (Å²) >= 11 is 0. The number of aromatic nitrogens is 1. The number of fused-ring (bicyclic) bond motifs is 4. The summed E-state index contributed by atoms with van der Waals surface area (Å²) < 4.78 is 0. The summed E-state index contributed by atoms with van der Waals surface area (Å²) in [7, 11) is 0. The molecular weight excluding hydrogens is 248 g/mol. The van der Waals surface area contributed by atoms with Gasteiger partial charge in [0.05, 0.1) is 11.6 Å². The van der Waals surface area contributed by atoms with E-state index in [1.165, 1.54) is 16.6 Å². The molecule has 3 fully saturated rings. The molecule has 2 aromatic rings. The van der Waals surface area contributed by atoms with Gasteiger partial charge in [-0.3, -0.25) is 4.98 Å². The number of nitrogens with zero attached hydrogens (tertiary/aromatic N) is 2. The Morgan fingerprint density at radius 1 is 1.25 bits per heavy atom. The molecule has 0 amide bonds. The summed E-state index contributed by atoms with van der Waals surface area (Å²) in [6.45, 7) is 1.87. The van der Waals surface area contributed by atoms with Gasteiger partial charge in [-0.05, 0) is 42.5 Å². The van der Waals surface area contributed by atoms with Crippen LogP contribution in [0.15, 0.2) is 42.2 Å². The number of hydrogen-bond acceptors (Lipinski definition) is 3. The third kappa shape index (κ3) is 1.90. The van der Waals surface area contributed by atoms with Crippen LogP contribution in [0.4, 0.5) is 0 Å². The summed E-state index contributed by atoms with van der Waals surface area (Å²) in [6, 6.07) is 10.3. The molecule has 3 saturated heterocycles. The molecule has 1 N–H and O–H groups in total. The molecule has 102 valence electrons. The predicted molar refractivity (Wildman–Crippen MR) is 80.0 cm³/mol. The summed E-state index contributed by atoms with van der Waals surface area (Å²) in [4.78, 5) is 6.75. The van der Waals surface area contributed by atoms with E-state index in [9.17, 15) is 5.11 Å². The molecule has 0 radical (unpaired) electrons. The summed E-state index contributed by atoms with van der Waals surface area (Å²) in [5, 5.41) is 11.2. The van der Waals surface area contributed by atoms with Crippen LogP contribution < -0.4 is 0 Å². The second kappa shape index (κ2) is 4.60. The first-order valence-electron chi connectivity index (χ1n) is 7.28. The molecule has 3 heteroatoms. The zero-order valence-corrected chi connectivity index (χ0v) is 11.4. The van der Waals surface area contributed by atoms with E-state index < -0.39 is 0 Å². The van der Waals surface area contributed by atoms with Crippen LogP contribution in [-0.4, -0.2) is 34.2 Å². The van der Waals surface area contributed by atoms with Gasteiger partial charge in [-0.1, -0.05) is 18.2 Å². The number of para-hydroxylation sites is 1. The molecule has 0 aliphatic carbocycles. The van der Waals surface area contributed by atoms with Crippen LogP contribution >= 0.6 is 0 Å². The van der Waals surface area contributed by atoms with Crippen LogP contribution in [-0.2, 0) is 0 Å². The highest BCUT2D eigenvalue weighted by atomic mass is 16.3. The Balaban J connectivity index is 1.76. The maximum absolute atomic E-state index is 9.98. The molecule has 2 atom stereocenters. The summed E-state index contributed by atoms with van der Waals surface area (Å²) in [6.07, 6.45) is 6.13. The van der Waals surface area contributed by atoms with Crippen LogP contribution in [0, 0.1) is 5.92 Å². The number of hydrogen-bond donors (Lipinski definition) is 1. The van der Waals surface area contributed by atoms with Crippen LogP contribution in [0.3, 0.4) is 0 Å². The van der Waals surface area contributed by atoms with Crippen molar-refractivity contribution >= 4 is 17.0 Å².